The van der Waals surface area contributed by atoms with Crippen molar-refractivity contribution in [2.45, 2.75) is 84.0 Å². The molecule has 1 aromatic rings. The summed E-state index contributed by atoms with van der Waals surface area (Å²) < 4.78 is 20.6. The molecule has 1 N–H and O–H groups in total. The number of hydrogen-bond donors (Lipinski definition) is 1. The summed E-state index contributed by atoms with van der Waals surface area (Å²) in [7, 11) is -1.62. The molecule has 30 heavy (non-hydrogen) atoms. The Morgan fingerprint density at radius 2 is 2.03 bits per heavy atom. The maximum absolute atomic E-state index is 15.1. The summed E-state index contributed by atoms with van der Waals surface area (Å²) in [6, 6.07) is -0.558. The Hall–Kier alpha value is -1.85. The van der Waals surface area contributed by atoms with Crippen LogP contribution in [0.5, 0.6) is 0 Å². The summed E-state index contributed by atoms with van der Waals surface area (Å²) in [5, 5.41) is 3.23. The molecule has 6 nitrogen and oxygen atoms in total. The maximum atomic E-state index is 15.1. The van der Waals surface area contributed by atoms with Crippen molar-refractivity contribution >= 4 is 31.6 Å². The predicted octanol–water partition coefficient (Wildman–Crippen LogP) is 4.90. The van der Waals surface area contributed by atoms with E-state index in [1.807, 2.05) is 13.8 Å². The van der Waals surface area contributed by atoms with Crippen molar-refractivity contribution in [2.24, 2.45) is 0 Å². The number of rotatable bonds is 2. The Labute approximate surface area is 185 Å². The minimum Gasteiger partial charge on any atom is -0.444 e. The third-order valence-electron chi connectivity index (χ3n) is 4.51. The Morgan fingerprint density at radius 3 is 2.60 bits per heavy atom. The van der Waals surface area contributed by atoms with E-state index in [0.29, 0.717) is 17.8 Å². The summed E-state index contributed by atoms with van der Waals surface area (Å²) in [6.07, 6.45) is 0.104. The van der Waals surface area contributed by atoms with Gasteiger partial charge in [0.25, 0.3) is 0 Å². The Bertz CT molecular complexity index is 855. The van der Waals surface area contributed by atoms with E-state index < -0.39 is 37.5 Å². The first-order chi connectivity index (χ1) is 13.6. The van der Waals surface area contributed by atoms with Gasteiger partial charge < -0.3 is 15.0 Å². The van der Waals surface area contributed by atoms with Gasteiger partial charge in [-0.1, -0.05) is 25.6 Å². The van der Waals surface area contributed by atoms with Gasteiger partial charge in [0.05, 0.1) is 18.2 Å². The van der Waals surface area contributed by atoms with Crippen LogP contribution in [-0.2, 0) is 4.74 Å². The van der Waals surface area contributed by atoms with E-state index in [1.165, 1.54) is 4.90 Å². The SMILES string of the molecule is CC(C)(C)OC(=O)N1C[C@H](F)[C@H](Nc2nc(Cl)ncc2C#C[Si](C)(C)C)CC1(C)C. The molecule has 1 fully saturated rings. The number of nitrogens with zero attached hydrogens (tertiary/aromatic N) is 3. The lowest BCUT2D eigenvalue weighted by Gasteiger charge is -2.47. The summed E-state index contributed by atoms with van der Waals surface area (Å²) in [6.45, 7) is 15.5. The molecule has 0 bridgehead atoms. The number of ether oxygens (including phenoxy) is 1. The Balaban J connectivity index is 2.24. The topological polar surface area (TPSA) is 67.3 Å². The van der Waals surface area contributed by atoms with E-state index in [0.717, 1.165) is 0 Å². The van der Waals surface area contributed by atoms with Crippen LogP contribution in [0, 0.1) is 11.5 Å². The average Bonchev–Trinajstić information content (AvgIpc) is 2.54. The van der Waals surface area contributed by atoms with Gasteiger partial charge in [-0.3, -0.25) is 0 Å². The molecule has 1 aromatic heterocycles. The summed E-state index contributed by atoms with van der Waals surface area (Å²) in [4.78, 5) is 22.3. The van der Waals surface area contributed by atoms with Gasteiger partial charge in [-0.2, -0.15) is 4.98 Å². The standard InChI is InChI=1S/C21H32ClFN4O2Si/c1-20(2,3)29-19(28)27-13-15(23)16(11-21(27,4)5)25-17-14(9-10-30(6,7)8)12-24-18(22)26-17/h12,15-16H,11,13H2,1-8H3,(H,24,25,26)/t15-,16+/m0/s1. The molecule has 0 aromatic carbocycles. The van der Waals surface area contributed by atoms with Crippen LogP contribution in [0.15, 0.2) is 6.20 Å². The smallest absolute Gasteiger partial charge is 0.410 e. The fourth-order valence-electron chi connectivity index (χ4n) is 3.10. The first kappa shape index (κ1) is 24.4. The van der Waals surface area contributed by atoms with E-state index in [9.17, 15) is 4.79 Å². The molecule has 0 spiro atoms. The van der Waals surface area contributed by atoms with Crippen LogP contribution in [0.3, 0.4) is 0 Å². The molecule has 1 saturated heterocycles. The second-order valence-corrected chi connectivity index (χ2v) is 15.4. The molecule has 0 aliphatic carbocycles. The lowest BCUT2D eigenvalue weighted by atomic mass is 9.86. The molecular weight excluding hydrogens is 423 g/mol. The monoisotopic (exact) mass is 454 g/mol. The highest BCUT2D eigenvalue weighted by atomic mass is 35.5. The van der Waals surface area contributed by atoms with E-state index in [2.05, 4.69) is 46.4 Å². The Kier molecular flexibility index (Phi) is 7.09. The number of aromatic nitrogens is 2. The number of hydrogen-bond acceptors (Lipinski definition) is 5. The van der Waals surface area contributed by atoms with Gasteiger partial charge in [0.1, 0.15) is 25.7 Å². The van der Waals surface area contributed by atoms with Crippen molar-refractivity contribution in [2.75, 3.05) is 11.9 Å². The lowest BCUT2D eigenvalue weighted by molar-refractivity contribution is -0.0229. The number of amides is 1. The Morgan fingerprint density at radius 1 is 1.40 bits per heavy atom. The van der Waals surface area contributed by atoms with Gasteiger partial charge in [0.2, 0.25) is 5.28 Å². The molecule has 166 valence electrons. The number of piperidine rings is 1. The number of carbonyl (C=O) groups is 1. The van der Waals surface area contributed by atoms with Gasteiger partial charge in [-0.05, 0) is 52.6 Å². The van der Waals surface area contributed by atoms with Gasteiger partial charge in [0, 0.05) is 11.7 Å². The largest absolute Gasteiger partial charge is 0.444 e. The highest BCUT2D eigenvalue weighted by Gasteiger charge is 2.44. The number of halogens is 2. The van der Waals surface area contributed by atoms with Crippen molar-refractivity contribution in [3.63, 3.8) is 0 Å². The molecule has 0 radical (unpaired) electrons. The molecule has 0 saturated carbocycles. The zero-order valence-corrected chi connectivity index (χ0v) is 20.8. The summed E-state index contributed by atoms with van der Waals surface area (Å²) >= 11 is 5.98. The average molecular weight is 455 g/mol. The highest BCUT2D eigenvalue weighted by molar-refractivity contribution is 6.83. The summed E-state index contributed by atoms with van der Waals surface area (Å²) in [5.74, 6) is 3.53. The molecule has 2 heterocycles. The third-order valence-corrected chi connectivity index (χ3v) is 5.57. The first-order valence-electron chi connectivity index (χ1n) is 10.0. The van der Waals surface area contributed by atoms with Gasteiger partial charge in [-0.15, -0.1) is 5.54 Å². The van der Waals surface area contributed by atoms with Crippen molar-refractivity contribution in [1.29, 1.82) is 0 Å². The molecule has 0 unspecified atom stereocenters. The van der Waals surface area contributed by atoms with Crippen molar-refractivity contribution in [3.8, 4) is 11.5 Å². The zero-order valence-electron chi connectivity index (χ0n) is 19.1. The normalized spacial score (nSPS) is 21.5. The number of carbonyl (C=O) groups excluding carboxylic acids is 1. The second-order valence-electron chi connectivity index (χ2n) is 10.3. The molecule has 2 rings (SSSR count). The molecule has 1 amide bonds. The number of alkyl halides is 1. The minimum absolute atomic E-state index is 0.0666. The van der Waals surface area contributed by atoms with Crippen LogP contribution in [0.25, 0.3) is 0 Å². The predicted molar refractivity (Wildman–Crippen MR) is 121 cm³/mol. The van der Waals surface area contributed by atoms with E-state index in [1.54, 1.807) is 27.0 Å². The zero-order chi connectivity index (χ0) is 22.9. The van der Waals surface area contributed by atoms with Crippen molar-refractivity contribution in [3.05, 3.63) is 17.0 Å². The molecule has 1 aliphatic heterocycles. The van der Waals surface area contributed by atoms with Crippen LogP contribution in [0.4, 0.5) is 15.0 Å². The molecule has 1 aliphatic rings. The van der Waals surface area contributed by atoms with Crippen LogP contribution >= 0.6 is 11.6 Å². The van der Waals surface area contributed by atoms with Crippen LogP contribution < -0.4 is 5.32 Å². The second kappa shape index (κ2) is 8.72. The first-order valence-corrected chi connectivity index (χ1v) is 13.9. The number of anilines is 1. The molecular formula is C21H32ClFN4O2Si. The number of nitrogens with one attached hydrogen (secondary N) is 1. The quantitative estimate of drug-likeness (QED) is 0.391. The summed E-state index contributed by atoms with van der Waals surface area (Å²) in [5.41, 5.74) is 2.60. The van der Waals surface area contributed by atoms with E-state index in [-0.39, 0.29) is 11.8 Å². The van der Waals surface area contributed by atoms with Crippen LogP contribution in [0.2, 0.25) is 24.9 Å². The van der Waals surface area contributed by atoms with Crippen molar-refractivity contribution in [1.82, 2.24) is 14.9 Å². The molecule has 2 atom stereocenters. The van der Waals surface area contributed by atoms with Gasteiger partial charge >= 0.3 is 6.09 Å². The number of likely N-dealkylation sites (tertiary alicyclic amines) is 1. The van der Waals surface area contributed by atoms with E-state index >= 15 is 4.39 Å². The highest BCUT2D eigenvalue weighted by Crippen LogP contribution is 2.32. The molecule has 9 heteroatoms. The maximum Gasteiger partial charge on any atom is 0.410 e. The van der Waals surface area contributed by atoms with Crippen LogP contribution in [-0.4, -0.2) is 58.9 Å². The van der Waals surface area contributed by atoms with E-state index in [4.69, 9.17) is 16.3 Å². The minimum atomic E-state index is -1.62. The van der Waals surface area contributed by atoms with Crippen LogP contribution in [0.1, 0.15) is 46.6 Å². The van der Waals surface area contributed by atoms with Gasteiger partial charge in [-0.25, -0.2) is 14.2 Å². The fraction of sp³-hybridized carbons (Fsp3) is 0.667. The fourth-order valence-corrected chi connectivity index (χ4v) is 3.74. The third kappa shape index (κ3) is 6.85. The lowest BCUT2D eigenvalue weighted by Crippen LogP contribution is -2.61. The van der Waals surface area contributed by atoms with Crippen molar-refractivity contribution < 1.29 is 13.9 Å². The van der Waals surface area contributed by atoms with Gasteiger partial charge in [0.15, 0.2) is 0 Å².